The highest BCUT2D eigenvalue weighted by atomic mass is 16.5. The maximum absolute atomic E-state index is 11.0. The summed E-state index contributed by atoms with van der Waals surface area (Å²) in [6.07, 6.45) is 5.39. The summed E-state index contributed by atoms with van der Waals surface area (Å²) in [5.74, 6) is -0.305. The van der Waals surface area contributed by atoms with Crippen LogP contribution in [0.2, 0.25) is 0 Å². The number of ether oxygens (including phenoxy) is 1. The average Bonchev–Trinajstić information content (AvgIpc) is 2.03. The predicted octanol–water partition coefficient (Wildman–Crippen LogP) is 0.453. The average molecular weight is 155 g/mol. The van der Waals surface area contributed by atoms with Crippen molar-refractivity contribution >= 4 is 5.97 Å². The molecular weight excluding hydrogens is 142 g/mol. The van der Waals surface area contributed by atoms with E-state index in [2.05, 4.69) is 4.74 Å². The molecule has 0 aromatic heterocycles. The quantitative estimate of drug-likeness (QED) is 0.442. The van der Waals surface area contributed by atoms with E-state index in [0.717, 1.165) is 6.42 Å². The zero-order valence-electron chi connectivity index (χ0n) is 6.62. The van der Waals surface area contributed by atoms with Crippen molar-refractivity contribution in [2.45, 2.75) is 18.9 Å². The molecule has 0 fully saturated rings. The lowest BCUT2D eigenvalue weighted by atomic mass is 9.92. The highest BCUT2D eigenvalue weighted by Gasteiger charge is 2.21. The molecule has 0 amide bonds. The van der Waals surface area contributed by atoms with E-state index in [1.54, 1.807) is 0 Å². The fourth-order valence-electron chi connectivity index (χ4n) is 1.24. The van der Waals surface area contributed by atoms with Gasteiger partial charge in [0.15, 0.2) is 0 Å². The van der Waals surface area contributed by atoms with E-state index >= 15 is 0 Å². The van der Waals surface area contributed by atoms with Gasteiger partial charge in [0.2, 0.25) is 0 Å². The van der Waals surface area contributed by atoms with Crippen LogP contribution in [0.25, 0.3) is 0 Å². The number of esters is 1. The van der Waals surface area contributed by atoms with Gasteiger partial charge in [0.05, 0.1) is 13.0 Å². The number of hydrogen-bond acceptors (Lipinski definition) is 3. The molecule has 3 nitrogen and oxygen atoms in total. The van der Waals surface area contributed by atoms with Gasteiger partial charge in [0.1, 0.15) is 0 Å². The summed E-state index contributed by atoms with van der Waals surface area (Å²) >= 11 is 0. The van der Waals surface area contributed by atoms with Crippen LogP contribution >= 0.6 is 0 Å². The second-order valence-corrected chi connectivity index (χ2v) is 2.79. The van der Waals surface area contributed by atoms with Crippen molar-refractivity contribution in [3.05, 3.63) is 12.2 Å². The Bertz CT molecular complexity index is 177. The molecule has 2 atom stereocenters. The lowest BCUT2D eigenvalue weighted by Gasteiger charge is -2.19. The van der Waals surface area contributed by atoms with Gasteiger partial charge in [-0.15, -0.1) is 0 Å². The van der Waals surface area contributed by atoms with Crippen molar-refractivity contribution in [3.63, 3.8) is 0 Å². The summed E-state index contributed by atoms with van der Waals surface area (Å²) in [6.45, 7) is 0. The molecule has 0 bridgehead atoms. The van der Waals surface area contributed by atoms with Crippen molar-refractivity contribution in [1.82, 2.24) is 0 Å². The van der Waals surface area contributed by atoms with E-state index in [4.69, 9.17) is 5.73 Å². The minimum atomic E-state index is -0.184. The summed E-state index contributed by atoms with van der Waals surface area (Å²) in [5, 5.41) is 0. The Labute approximate surface area is 66.2 Å². The zero-order valence-corrected chi connectivity index (χ0v) is 6.62. The van der Waals surface area contributed by atoms with Crippen LogP contribution in [0.4, 0.5) is 0 Å². The lowest BCUT2D eigenvalue weighted by molar-refractivity contribution is -0.144. The summed E-state index contributed by atoms with van der Waals surface area (Å²) in [5.41, 5.74) is 5.66. The van der Waals surface area contributed by atoms with Gasteiger partial charge in [-0.2, -0.15) is 0 Å². The molecular formula is C8H13NO2. The predicted molar refractivity (Wildman–Crippen MR) is 41.9 cm³/mol. The molecule has 0 heterocycles. The molecule has 0 saturated carbocycles. The van der Waals surface area contributed by atoms with Gasteiger partial charge >= 0.3 is 5.97 Å². The summed E-state index contributed by atoms with van der Waals surface area (Å²) in [7, 11) is 1.40. The van der Waals surface area contributed by atoms with Gasteiger partial charge < -0.3 is 10.5 Å². The van der Waals surface area contributed by atoms with Crippen LogP contribution in [0.5, 0.6) is 0 Å². The summed E-state index contributed by atoms with van der Waals surface area (Å²) in [6, 6.07) is 0.115. The molecule has 11 heavy (non-hydrogen) atoms. The molecule has 62 valence electrons. The van der Waals surface area contributed by atoms with Crippen LogP contribution in [-0.2, 0) is 9.53 Å². The Morgan fingerprint density at radius 1 is 1.73 bits per heavy atom. The van der Waals surface area contributed by atoms with Crippen molar-refractivity contribution in [2.24, 2.45) is 11.7 Å². The standard InChI is InChI=1S/C8H13NO2/c1-11-8(10)6-3-2-4-7(9)5-6/h2-3,6-7H,4-5,9H2,1H3/t6-,7+/m0/s1. The molecule has 0 aliphatic heterocycles. The molecule has 0 aromatic rings. The first kappa shape index (κ1) is 8.27. The maximum atomic E-state index is 11.0. The number of rotatable bonds is 1. The topological polar surface area (TPSA) is 52.3 Å². The van der Waals surface area contributed by atoms with Crippen LogP contribution in [0.1, 0.15) is 12.8 Å². The van der Waals surface area contributed by atoms with Gasteiger partial charge in [-0.05, 0) is 12.8 Å². The van der Waals surface area contributed by atoms with Crippen LogP contribution < -0.4 is 5.73 Å². The van der Waals surface area contributed by atoms with Gasteiger partial charge in [-0.3, -0.25) is 4.79 Å². The smallest absolute Gasteiger partial charge is 0.312 e. The van der Waals surface area contributed by atoms with Crippen molar-refractivity contribution in [2.75, 3.05) is 7.11 Å². The third-order valence-corrected chi connectivity index (χ3v) is 1.87. The maximum Gasteiger partial charge on any atom is 0.312 e. The Kier molecular flexibility index (Phi) is 2.65. The molecule has 0 spiro atoms. The third-order valence-electron chi connectivity index (χ3n) is 1.87. The van der Waals surface area contributed by atoms with E-state index in [1.165, 1.54) is 7.11 Å². The lowest BCUT2D eigenvalue weighted by Crippen LogP contribution is -2.29. The van der Waals surface area contributed by atoms with Crippen molar-refractivity contribution < 1.29 is 9.53 Å². The Morgan fingerprint density at radius 3 is 3.00 bits per heavy atom. The van der Waals surface area contributed by atoms with Gasteiger partial charge in [0, 0.05) is 6.04 Å². The molecule has 1 rings (SSSR count). The Hall–Kier alpha value is -0.830. The highest BCUT2D eigenvalue weighted by Crippen LogP contribution is 2.17. The second kappa shape index (κ2) is 3.53. The molecule has 1 aliphatic carbocycles. The monoisotopic (exact) mass is 155 g/mol. The van der Waals surface area contributed by atoms with E-state index in [-0.39, 0.29) is 17.9 Å². The van der Waals surface area contributed by atoms with Gasteiger partial charge in [0.25, 0.3) is 0 Å². The minimum Gasteiger partial charge on any atom is -0.469 e. The Morgan fingerprint density at radius 2 is 2.45 bits per heavy atom. The zero-order chi connectivity index (χ0) is 8.27. The first-order valence-electron chi connectivity index (χ1n) is 3.74. The van der Waals surface area contributed by atoms with E-state index in [9.17, 15) is 4.79 Å². The fraction of sp³-hybridized carbons (Fsp3) is 0.625. The van der Waals surface area contributed by atoms with E-state index < -0.39 is 0 Å². The first-order chi connectivity index (χ1) is 5.24. The largest absolute Gasteiger partial charge is 0.469 e. The van der Waals surface area contributed by atoms with E-state index in [1.807, 2.05) is 12.2 Å². The molecule has 0 aromatic carbocycles. The van der Waals surface area contributed by atoms with Crippen molar-refractivity contribution in [1.29, 1.82) is 0 Å². The minimum absolute atomic E-state index is 0.115. The normalized spacial score (nSPS) is 30.0. The van der Waals surface area contributed by atoms with E-state index in [0.29, 0.717) is 6.42 Å². The molecule has 3 heteroatoms. The Balaban J connectivity index is 2.52. The number of nitrogens with two attached hydrogens (primary N) is 1. The second-order valence-electron chi connectivity index (χ2n) is 2.79. The third kappa shape index (κ3) is 2.05. The summed E-state index contributed by atoms with van der Waals surface area (Å²) < 4.78 is 4.59. The fourth-order valence-corrected chi connectivity index (χ4v) is 1.24. The van der Waals surface area contributed by atoms with Gasteiger partial charge in [-0.1, -0.05) is 12.2 Å². The number of methoxy groups -OCH3 is 1. The van der Waals surface area contributed by atoms with Crippen molar-refractivity contribution in [3.8, 4) is 0 Å². The van der Waals surface area contributed by atoms with Crippen LogP contribution in [0.15, 0.2) is 12.2 Å². The summed E-state index contributed by atoms with van der Waals surface area (Å²) in [4.78, 5) is 11.0. The SMILES string of the molecule is COC(=O)[C@H]1C=CC[C@@H](N)C1. The number of carbonyl (C=O) groups excluding carboxylic acids is 1. The highest BCUT2D eigenvalue weighted by molar-refractivity contribution is 5.74. The van der Waals surface area contributed by atoms with Crippen LogP contribution in [0, 0.1) is 5.92 Å². The molecule has 0 radical (unpaired) electrons. The van der Waals surface area contributed by atoms with Crippen LogP contribution in [0.3, 0.4) is 0 Å². The molecule has 2 N–H and O–H groups in total. The van der Waals surface area contributed by atoms with Crippen LogP contribution in [-0.4, -0.2) is 19.1 Å². The number of hydrogen-bond donors (Lipinski definition) is 1. The molecule has 1 aliphatic rings. The van der Waals surface area contributed by atoms with Gasteiger partial charge in [-0.25, -0.2) is 0 Å². The molecule has 0 unspecified atom stereocenters. The molecule has 0 saturated heterocycles. The number of carbonyl (C=O) groups is 1. The first-order valence-corrected chi connectivity index (χ1v) is 3.74.